The van der Waals surface area contributed by atoms with Crippen molar-refractivity contribution in [2.45, 2.75) is 12.5 Å². The predicted octanol–water partition coefficient (Wildman–Crippen LogP) is 4.25. The van der Waals surface area contributed by atoms with Crippen LogP contribution in [0.3, 0.4) is 0 Å². The van der Waals surface area contributed by atoms with Gasteiger partial charge in [-0.05, 0) is 23.3 Å². The van der Waals surface area contributed by atoms with Gasteiger partial charge in [-0.1, -0.05) is 65.1 Å². The molecule has 1 aromatic heterocycles. The van der Waals surface area contributed by atoms with Gasteiger partial charge in [-0.3, -0.25) is 9.78 Å². The number of phenolic OH excluding ortho intramolecular Hbond substituents is 2. The molecule has 5 nitrogen and oxygen atoms in total. The number of benzene rings is 2. The van der Waals surface area contributed by atoms with Gasteiger partial charge in [0.2, 0.25) is 0 Å². The first kappa shape index (κ1) is 20.0. The van der Waals surface area contributed by atoms with Gasteiger partial charge in [0, 0.05) is 18.8 Å². The van der Waals surface area contributed by atoms with Crippen LogP contribution < -0.4 is 5.46 Å². The van der Waals surface area contributed by atoms with E-state index in [2.05, 4.69) is 4.98 Å². The molecule has 3 aromatic rings. The number of aromatic hydroxyl groups is 2. The Morgan fingerprint density at radius 2 is 1.71 bits per heavy atom. The molecule has 1 radical (unpaired) electrons. The van der Waals surface area contributed by atoms with Crippen LogP contribution in [-0.4, -0.2) is 28.3 Å². The fourth-order valence-corrected chi connectivity index (χ4v) is 3.17. The van der Waals surface area contributed by atoms with E-state index < -0.39 is 12.0 Å². The molecular weight excluding hydrogens is 400 g/mol. The van der Waals surface area contributed by atoms with Crippen molar-refractivity contribution in [2.75, 3.05) is 0 Å². The molecule has 0 aliphatic carbocycles. The first-order valence-corrected chi connectivity index (χ1v) is 9.10. The maximum atomic E-state index is 12.4. The second kappa shape index (κ2) is 9.00. The predicted molar refractivity (Wildman–Crippen MR) is 109 cm³/mol. The van der Waals surface area contributed by atoms with E-state index in [-0.39, 0.29) is 17.9 Å². The van der Waals surface area contributed by atoms with Gasteiger partial charge in [-0.25, -0.2) is 0 Å². The minimum absolute atomic E-state index is 0.165. The zero-order valence-corrected chi connectivity index (χ0v) is 16.1. The third-order valence-electron chi connectivity index (χ3n) is 4.06. The normalized spacial score (nSPS) is 11.6. The van der Waals surface area contributed by atoms with Gasteiger partial charge in [0.05, 0.1) is 10.0 Å². The fraction of sp³-hybridized carbons (Fsp3) is 0.100. The summed E-state index contributed by atoms with van der Waals surface area (Å²) >= 11 is 12.4. The smallest absolute Gasteiger partial charge is 0.299 e. The first-order valence-electron chi connectivity index (χ1n) is 8.34. The number of carbonyl (C=O) groups excluding carboxylic acids is 1. The van der Waals surface area contributed by atoms with E-state index in [1.54, 1.807) is 18.2 Å². The Bertz CT molecular complexity index is 965. The molecule has 0 bridgehead atoms. The standard InChI is InChI=1S/C20H15BCl2NO4/c22-15-10-24-11-16(23)14(15)9-19(12-6-7-17(25)18(26)8-12)28-20(27)21-13-4-2-1-3-5-13/h1-8,10-11,19,25-26H,9H2/t19-/m0/s1. The van der Waals surface area contributed by atoms with Crippen LogP contribution in [0.25, 0.3) is 0 Å². The lowest BCUT2D eigenvalue weighted by atomic mass is 9.70. The van der Waals surface area contributed by atoms with Crippen LogP contribution in [0.4, 0.5) is 4.79 Å². The molecule has 0 saturated heterocycles. The Balaban J connectivity index is 1.87. The van der Waals surface area contributed by atoms with E-state index in [1.165, 1.54) is 31.8 Å². The number of halogens is 2. The lowest BCUT2D eigenvalue weighted by molar-refractivity contribution is 0.121. The molecule has 0 unspecified atom stereocenters. The van der Waals surface area contributed by atoms with Crippen molar-refractivity contribution in [1.82, 2.24) is 4.98 Å². The van der Waals surface area contributed by atoms with Gasteiger partial charge >= 0.3 is 0 Å². The van der Waals surface area contributed by atoms with E-state index in [0.29, 0.717) is 26.6 Å². The van der Waals surface area contributed by atoms with Crippen molar-refractivity contribution in [3.63, 3.8) is 0 Å². The Kier molecular flexibility index (Phi) is 6.44. The molecule has 1 heterocycles. The van der Waals surface area contributed by atoms with Gasteiger partial charge in [0.1, 0.15) is 6.10 Å². The molecule has 2 N–H and O–H groups in total. The third-order valence-corrected chi connectivity index (χ3v) is 4.71. The molecular formula is C20H15BCl2NO4. The minimum Gasteiger partial charge on any atom is -0.504 e. The summed E-state index contributed by atoms with van der Waals surface area (Å²) in [6, 6.07) is 13.2. The number of hydrogen-bond acceptors (Lipinski definition) is 5. The van der Waals surface area contributed by atoms with Crippen LogP contribution >= 0.6 is 23.2 Å². The third kappa shape index (κ3) is 4.97. The fourth-order valence-electron chi connectivity index (χ4n) is 2.65. The summed E-state index contributed by atoms with van der Waals surface area (Å²) in [5.41, 5.74) is 1.73. The van der Waals surface area contributed by atoms with Crippen LogP contribution in [0.1, 0.15) is 17.2 Å². The lowest BCUT2D eigenvalue weighted by Gasteiger charge is -2.20. The number of carbonyl (C=O) groups is 1. The van der Waals surface area contributed by atoms with Gasteiger partial charge in [-0.2, -0.15) is 0 Å². The molecule has 0 fully saturated rings. The SMILES string of the molecule is O=C([B]c1ccccc1)O[C@@H](Cc1c(Cl)cncc1Cl)c1ccc(O)c(O)c1. The summed E-state index contributed by atoms with van der Waals surface area (Å²) < 4.78 is 5.62. The summed E-state index contributed by atoms with van der Waals surface area (Å²) in [6.07, 6.45) is 2.27. The highest BCUT2D eigenvalue weighted by Crippen LogP contribution is 2.34. The van der Waals surface area contributed by atoms with Crippen molar-refractivity contribution in [3.8, 4) is 11.5 Å². The highest BCUT2D eigenvalue weighted by atomic mass is 35.5. The Morgan fingerprint density at radius 3 is 2.36 bits per heavy atom. The van der Waals surface area contributed by atoms with Crippen LogP contribution in [0.5, 0.6) is 11.5 Å². The van der Waals surface area contributed by atoms with Crippen LogP contribution in [0.2, 0.25) is 10.0 Å². The van der Waals surface area contributed by atoms with Gasteiger partial charge in [0.25, 0.3) is 13.1 Å². The van der Waals surface area contributed by atoms with Crippen molar-refractivity contribution in [1.29, 1.82) is 0 Å². The summed E-state index contributed by atoms with van der Waals surface area (Å²) in [4.78, 5) is 16.4. The number of aromatic nitrogens is 1. The molecule has 8 heteroatoms. The Hall–Kier alpha value is -2.70. The Labute approximate surface area is 172 Å². The zero-order chi connectivity index (χ0) is 20.1. The number of pyridine rings is 1. The topological polar surface area (TPSA) is 79.7 Å². The maximum Gasteiger partial charge on any atom is 0.299 e. The van der Waals surface area contributed by atoms with E-state index in [4.69, 9.17) is 27.9 Å². The molecule has 0 aliphatic heterocycles. The lowest BCUT2D eigenvalue weighted by Crippen LogP contribution is -2.26. The summed E-state index contributed by atoms with van der Waals surface area (Å²) in [7, 11) is 1.36. The molecule has 0 amide bonds. The van der Waals surface area contributed by atoms with Crippen LogP contribution in [-0.2, 0) is 11.2 Å². The van der Waals surface area contributed by atoms with Crippen molar-refractivity contribution < 1.29 is 19.7 Å². The largest absolute Gasteiger partial charge is 0.504 e. The molecule has 2 aromatic carbocycles. The van der Waals surface area contributed by atoms with Crippen molar-refractivity contribution >= 4 is 41.8 Å². The summed E-state index contributed by atoms with van der Waals surface area (Å²) in [5.74, 6) is -1.16. The van der Waals surface area contributed by atoms with E-state index in [0.717, 1.165) is 0 Å². The average molecular weight is 415 g/mol. The summed E-state index contributed by atoms with van der Waals surface area (Å²) in [6.45, 7) is 0. The maximum absolute atomic E-state index is 12.4. The first-order chi connectivity index (χ1) is 13.4. The molecule has 28 heavy (non-hydrogen) atoms. The second-order valence-corrected chi connectivity index (χ2v) is 6.83. The molecule has 0 aliphatic rings. The summed E-state index contributed by atoms with van der Waals surface area (Å²) in [5, 5.41) is 20.1. The molecule has 1 atom stereocenters. The highest BCUT2D eigenvalue weighted by Gasteiger charge is 2.22. The number of ether oxygens (including phenoxy) is 1. The zero-order valence-electron chi connectivity index (χ0n) is 14.5. The van der Waals surface area contributed by atoms with E-state index in [9.17, 15) is 15.0 Å². The quantitative estimate of drug-likeness (QED) is 0.465. The molecule has 0 spiro atoms. The van der Waals surface area contributed by atoms with Crippen molar-refractivity contribution in [3.05, 3.63) is 82.1 Å². The van der Waals surface area contributed by atoms with Crippen LogP contribution in [0.15, 0.2) is 60.9 Å². The molecule has 141 valence electrons. The van der Waals surface area contributed by atoms with E-state index >= 15 is 0 Å². The number of nitrogens with zero attached hydrogens (tertiary/aromatic N) is 1. The number of hydrogen-bond donors (Lipinski definition) is 2. The number of rotatable bonds is 6. The monoisotopic (exact) mass is 414 g/mol. The van der Waals surface area contributed by atoms with Crippen molar-refractivity contribution in [2.24, 2.45) is 0 Å². The minimum atomic E-state index is -0.795. The van der Waals surface area contributed by atoms with Gasteiger partial charge in [0.15, 0.2) is 11.5 Å². The molecule has 3 rings (SSSR count). The van der Waals surface area contributed by atoms with Crippen LogP contribution in [0, 0.1) is 0 Å². The van der Waals surface area contributed by atoms with E-state index in [1.807, 2.05) is 18.2 Å². The highest BCUT2D eigenvalue weighted by molar-refractivity contribution is 6.82. The average Bonchev–Trinajstić information content (AvgIpc) is 2.67. The number of phenols is 2. The Morgan fingerprint density at radius 1 is 1.04 bits per heavy atom. The van der Waals surface area contributed by atoms with Gasteiger partial charge < -0.3 is 14.9 Å². The second-order valence-electron chi connectivity index (χ2n) is 6.01. The van der Waals surface area contributed by atoms with Gasteiger partial charge in [-0.15, -0.1) is 0 Å². The molecule has 0 saturated carbocycles.